The van der Waals surface area contributed by atoms with Crippen LogP contribution < -0.4 is 0 Å². The van der Waals surface area contributed by atoms with Gasteiger partial charge in [-0.05, 0) is 45.0 Å². The number of amides is 1. The van der Waals surface area contributed by atoms with Crippen molar-refractivity contribution in [3.8, 4) is 0 Å². The van der Waals surface area contributed by atoms with Crippen LogP contribution in [0.3, 0.4) is 0 Å². The largest absolute Gasteiger partial charge is 0.466 e. The molecule has 0 fully saturated rings. The van der Waals surface area contributed by atoms with Crippen LogP contribution in [0.4, 0.5) is 4.79 Å². The number of aliphatic hydroxyl groups excluding tert-OH is 1. The summed E-state index contributed by atoms with van der Waals surface area (Å²) in [5.74, 6) is -0.608. The molecule has 1 rings (SSSR count). The smallest absolute Gasteiger partial charge is 0.410 e. The molecule has 0 radical (unpaired) electrons. The van der Waals surface area contributed by atoms with Gasteiger partial charge in [0.2, 0.25) is 0 Å². The van der Waals surface area contributed by atoms with Crippen LogP contribution in [0.2, 0.25) is 18.1 Å². The van der Waals surface area contributed by atoms with Gasteiger partial charge in [0.25, 0.3) is 0 Å². The lowest BCUT2D eigenvalue weighted by atomic mass is 10.0. The van der Waals surface area contributed by atoms with E-state index in [1.165, 1.54) is 12.0 Å². The molecule has 1 aliphatic heterocycles. The number of esters is 1. The van der Waals surface area contributed by atoms with Gasteiger partial charge in [-0.15, -0.1) is 0 Å². The standard InChI is InChI=1S/C19H35NO6Si/c1-18(2,3)26-17(23)20-11-15(21)14(16(22)24-7)10-13(20)12-25-27(8,9)19(4,5)6/h10,13,15,21H,11-12H2,1-9H3/t13-,15-/m0/s1. The molecule has 0 bridgehead atoms. The third-order valence-corrected chi connectivity index (χ3v) is 9.47. The summed E-state index contributed by atoms with van der Waals surface area (Å²) in [5, 5.41) is 10.3. The predicted molar refractivity (Wildman–Crippen MR) is 106 cm³/mol. The highest BCUT2D eigenvalue weighted by Crippen LogP contribution is 2.37. The lowest BCUT2D eigenvalue weighted by Crippen LogP contribution is -2.53. The molecular formula is C19H35NO6Si. The number of carbonyl (C=O) groups excluding carboxylic acids is 2. The Bertz CT molecular complexity index is 588. The number of carbonyl (C=O) groups is 2. The van der Waals surface area contributed by atoms with Crippen LogP contribution >= 0.6 is 0 Å². The summed E-state index contributed by atoms with van der Waals surface area (Å²) in [5.41, 5.74) is -0.528. The minimum Gasteiger partial charge on any atom is -0.466 e. The number of hydrogen-bond acceptors (Lipinski definition) is 6. The zero-order valence-electron chi connectivity index (χ0n) is 18.1. The molecule has 0 aromatic heterocycles. The SMILES string of the molecule is COC(=O)C1=C[C@@H](CO[Si](C)(C)C(C)(C)C)N(C(=O)OC(C)(C)C)C[C@@H]1O. The fraction of sp³-hybridized carbons (Fsp3) is 0.789. The van der Waals surface area contributed by atoms with Gasteiger partial charge in [-0.1, -0.05) is 20.8 Å². The minimum atomic E-state index is -2.06. The van der Waals surface area contributed by atoms with Crippen molar-refractivity contribution < 1.29 is 28.6 Å². The zero-order chi connectivity index (χ0) is 21.2. The predicted octanol–water partition coefficient (Wildman–Crippen LogP) is 3.09. The number of β-amino-alcohol motifs (C(OH)–C–C–N with tert-alkyl or cyclic N) is 1. The van der Waals surface area contributed by atoms with Gasteiger partial charge in [0, 0.05) is 0 Å². The Kier molecular flexibility index (Phi) is 7.29. The molecule has 27 heavy (non-hydrogen) atoms. The number of hydrogen-bond donors (Lipinski definition) is 1. The summed E-state index contributed by atoms with van der Waals surface area (Å²) < 4.78 is 16.5. The van der Waals surface area contributed by atoms with E-state index in [0.717, 1.165) is 0 Å². The lowest BCUT2D eigenvalue weighted by Gasteiger charge is -2.41. The van der Waals surface area contributed by atoms with Crippen LogP contribution in [0.25, 0.3) is 0 Å². The highest BCUT2D eigenvalue weighted by atomic mass is 28.4. The monoisotopic (exact) mass is 401 g/mol. The molecule has 0 unspecified atom stereocenters. The quantitative estimate of drug-likeness (QED) is 0.575. The molecule has 1 N–H and O–H groups in total. The molecule has 8 heteroatoms. The van der Waals surface area contributed by atoms with E-state index in [9.17, 15) is 14.7 Å². The molecule has 1 heterocycles. The van der Waals surface area contributed by atoms with E-state index in [4.69, 9.17) is 13.9 Å². The van der Waals surface area contributed by atoms with E-state index in [-0.39, 0.29) is 23.8 Å². The Morgan fingerprint density at radius 1 is 1.22 bits per heavy atom. The first kappa shape index (κ1) is 23.7. The van der Waals surface area contributed by atoms with E-state index in [0.29, 0.717) is 0 Å². The second kappa shape index (κ2) is 8.32. The maximum absolute atomic E-state index is 12.6. The Morgan fingerprint density at radius 2 is 1.78 bits per heavy atom. The van der Waals surface area contributed by atoms with Gasteiger partial charge in [-0.2, -0.15) is 0 Å². The second-order valence-electron chi connectivity index (χ2n) is 9.40. The summed E-state index contributed by atoms with van der Waals surface area (Å²) in [6, 6.07) is -0.522. The van der Waals surface area contributed by atoms with E-state index >= 15 is 0 Å². The summed E-state index contributed by atoms with van der Waals surface area (Å²) in [4.78, 5) is 26.0. The third-order valence-electron chi connectivity index (χ3n) is 4.97. The second-order valence-corrected chi connectivity index (χ2v) is 14.2. The summed E-state index contributed by atoms with van der Waals surface area (Å²) in [6.07, 6.45) is -0.128. The Hall–Kier alpha value is -1.38. The first-order valence-corrected chi connectivity index (χ1v) is 12.1. The maximum atomic E-state index is 12.6. The van der Waals surface area contributed by atoms with Gasteiger partial charge in [0.15, 0.2) is 8.32 Å². The van der Waals surface area contributed by atoms with Crippen molar-refractivity contribution in [2.24, 2.45) is 0 Å². The van der Waals surface area contributed by atoms with E-state index in [1.807, 2.05) is 0 Å². The molecule has 7 nitrogen and oxygen atoms in total. The molecule has 156 valence electrons. The highest BCUT2D eigenvalue weighted by Gasteiger charge is 2.41. The Morgan fingerprint density at radius 3 is 2.22 bits per heavy atom. The van der Waals surface area contributed by atoms with Crippen LogP contribution in [0.15, 0.2) is 11.6 Å². The van der Waals surface area contributed by atoms with Crippen LogP contribution in [-0.4, -0.2) is 68.4 Å². The molecule has 2 atom stereocenters. The van der Waals surface area contributed by atoms with Crippen molar-refractivity contribution in [2.45, 2.75) is 77.4 Å². The number of ether oxygens (including phenoxy) is 2. The van der Waals surface area contributed by atoms with Crippen molar-refractivity contribution in [1.82, 2.24) is 4.90 Å². The van der Waals surface area contributed by atoms with Gasteiger partial charge < -0.3 is 19.0 Å². The number of rotatable bonds is 4. The summed E-state index contributed by atoms with van der Waals surface area (Å²) in [6.45, 7) is 16.1. The van der Waals surface area contributed by atoms with E-state index in [1.54, 1.807) is 26.8 Å². The number of nitrogens with zero attached hydrogens (tertiary/aromatic N) is 1. The van der Waals surface area contributed by atoms with Crippen LogP contribution in [0.1, 0.15) is 41.5 Å². The maximum Gasteiger partial charge on any atom is 0.410 e. The Balaban J connectivity index is 3.12. The average Bonchev–Trinajstić information content (AvgIpc) is 2.49. The van der Waals surface area contributed by atoms with Crippen molar-refractivity contribution in [1.29, 1.82) is 0 Å². The fourth-order valence-electron chi connectivity index (χ4n) is 2.33. The van der Waals surface area contributed by atoms with Crippen molar-refractivity contribution in [3.63, 3.8) is 0 Å². The molecule has 0 aromatic rings. The van der Waals surface area contributed by atoms with Gasteiger partial charge >= 0.3 is 12.1 Å². The minimum absolute atomic E-state index is 0.00677. The highest BCUT2D eigenvalue weighted by molar-refractivity contribution is 6.74. The average molecular weight is 402 g/mol. The molecule has 1 amide bonds. The fourth-order valence-corrected chi connectivity index (χ4v) is 3.35. The normalized spacial score (nSPS) is 21.6. The van der Waals surface area contributed by atoms with Gasteiger partial charge in [0.1, 0.15) is 11.7 Å². The summed E-state index contributed by atoms with van der Waals surface area (Å²) in [7, 11) is -0.800. The molecule has 0 saturated heterocycles. The zero-order valence-corrected chi connectivity index (χ0v) is 19.1. The molecule has 0 aliphatic carbocycles. The summed E-state index contributed by atoms with van der Waals surface area (Å²) >= 11 is 0. The molecule has 1 aliphatic rings. The van der Waals surface area contributed by atoms with Gasteiger partial charge in [-0.3, -0.25) is 4.90 Å². The molecule has 0 spiro atoms. The van der Waals surface area contributed by atoms with E-state index < -0.39 is 38.1 Å². The topological polar surface area (TPSA) is 85.3 Å². The van der Waals surface area contributed by atoms with Crippen molar-refractivity contribution in [3.05, 3.63) is 11.6 Å². The van der Waals surface area contributed by atoms with E-state index in [2.05, 4.69) is 33.9 Å². The van der Waals surface area contributed by atoms with Crippen LogP contribution in [0, 0.1) is 0 Å². The molecular weight excluding hydrogens is 366 g/mol. The van der Waals surface area contributed by atoms with Crippen molar-refractivity contribution >= 4 is 20.4 Å². The number of methoxy groups -OCH3 is 1. The lowest BCUT2D eigenvalue weighted by molar-refractivity contribution is -0.137. The first-order chi connectivity index (χ1) is 12.1. The molecule has 0 saturated carbocycles. The van der Waals surface area contributed by atoms with Gasteiger partial charge in [0.05, 0.1) is 31.9 Å². The van der Waals surface area contributed by atoms with Crippen LogP contribution in [-0.2, 0) is 18.7 Å². The first-order valence-electron chi connectivity index (χ1n) is 9.21. The van der Waals surface area contributed by atoms with Crippen molar-refractivity contribution in [2.75, 3.05) is 20.3 Å². The number of aliphatic hydroxyl groups is 1. The van der Waals surface area contributed by atoms with Crippen LogP contribution in [0.5, 0.6) is 0 Å². The Labute approximate surface area is 163 Å². The molecule has 0 aromatic carbocycles. The third kappa shape index (κ3) is 6.33. The van der Waals surface area contributed by atoms with Gasteiger partial charge in [-0.25, -0.2) is 9.59 Å².